The van der Waals surface area contributed by atoms with Crippen molar-refractivity contribution in [2.75, 3.05) is 5.75 Å². The van der Waals surface area contributed by atoms with Crippen LogP contribution in [0.15, 0.2) is 10.6 Å². The molecule has 70 valence electrons. The molecular weight excluding hydrogens is 190 g/mol. The van der Waals surface area contributed by atoms with Gasteiger partial charge >= 0.3 is 11.9 Å². The summed E-state index contributed by atoms with van der Waals surface area (Å²) in [4.78, 5) is 14.1. The molecule has 5 heteroatoms. The van der Waals surface area contributed by atoms with Gasteiger partial charge in [0.15, 0.2) is 0 Å². The number of hydrogen-bond donors (Lipinski definition) is 1. The molecule has 1 fully saturated rings. The lowest BCUT2D eigenvalue weighted by Gasteiger charge is -2.01. The van der Waals surface area contributed by atoms with Crippen LogP contribution in [-0.4, -0.2) is 21.8 Å². The van der Waals surface area contributed by atoms with Crippen LogP contribution >= 0.6 is 11.8 Å². The predicted molar refractivity (Wildman–Crippen MR) is 47.9 cm³/mol. The highest BCUT2D eigenvalue weighted by Crippen LogP contribution is 2.39. The largest absolute Gasteiger partial charge is 0.474 e. The van der Waals surface area contributed by atoms with Crippen molar-refractivity contribution in [3.05, 3.63) is 17.8 Å². The van der Waals surface area contributed by atoms with E-state index in [0.717, 1.165) is 12.2 Å². The first-order valence-corrected chi connectivity index (χ1v) is 5.13. The van der Waals surface area contributed by atoms with Crippen molar-refractivity contribution in [2.24, 2.45) is 0 Å². The van der Waals surface area contributed by atoms with E-state index in [1.807, 2.05) is 0 Å². The Balaban J connectivity index is 2.16. The SMILES string of the molecule is O=C(O)c1ncc(C2CCCS2)o1. The summed E-state index contributed by atoms with van der Waals surface area (Å²) >= 11 is 1.79. The Bertz CT molecular complexity index is 317. The van der Waals surface area contributed by atoms with Crippen LogP contribution in [0.4, 0.5) is 0 Å². The van der Waals surface area contributed by atoms with Gasteiger partial charge in [-0.2, -0.15) is 11.8 Å². The van der Waals surface area contributed by atoms with Gasteiger partial charge in [-0.05, 0) is 18.6 Å². The number of carboxylic acids is 1. The standard InChI is InChI=1S/C8H9NO3S/c10-8(11)7-9-4-5(12-7)6-2-1-3-13-6/h4,6H,1-3H2,(H,10,11). The van der Waals surface area contributed by atoms with Gasteiger partial charge < -0.3 is 9.52 Å². The molecule has 2 rings (SSSR count). The van der Waals surface area contributed by atoms with E-state index in [1.165, 1.54) is 12.6 Å². The van der Waals surface area contributed by atoms with Crippen LogP contribution in [0, 0.1) is 0 Å². The van der Waals surface area contributed by atoms with Crippen molar-refractivity contribution in [1.29, 1.82) is 0 Å². The highest BCUT2D eigenvalue weighted by atomic mass is 32.2. The summed E-state index contributed by atoms with van der Waals surface area (Å²) in [6.07, 6.45) is 3.74. The molecule has 0 aliphatic carbocycles. The fraction of sp³-hybridized carbons (Fsp3) is 0.500. The van der Waals surface area contributed by atoms with Crippen molar-refractivity contribution in [1.82, 2.24) is 4.98 Å². The molecule has 1 unspecified atom stereocenters. The van der Waals surface area contributed by atoms with Crippen LogP contribution in [0.1, 0.15) is 34.5 Å². The molecule has 0 spiro atoms. The second-order valence-electron chi connectivity index (χ2n) is 2.87. The Labute approximate surface area is 79.3 Å². The minimum absolute atomic E-state index is 0.206. The molecule has 0 saturated carbocycles. The Hall–Kier alpha value is -0.970. The minimum Gasteiger partial charge on any atom is -0.474 e. The molecule has 1 aromatic rings. The summed E-state index contributed by atoms with van der Waals surface area (Å²) in [7, 11) is 0. The second kappa shape index (κ2) is 3.41. The Morgan fingerprint density at radius 3 is 3.15 bits per heavy atom. The Morgan fingerprint density at radius 1 is 1.77 bits per heavy atom. The van der Waals surface area contributed by atoms with Gasteiger partial charge in [-0.25, -0.2) is 9.78 Å². The number of aromatic carboxylic acids is 1. The molecule has 4 nitrogen and oxygen atoms in total. The number of carboxylic acid groups (broad SMARTS) is 1. The van der Waals surface area contributed by atoms with E-state index in [0.29, 0.717) is 11.0 Å². The molecule has 1 saturated heterocycles. The van der Waals surface area contributed by atoms with E-state index in [-0.39, 0.29) is 5.89 Å². The summed E-state index contributed by atoms with van der Waals surface area (Å²) < 4.78 is 5.10. The van der Waals surface area contributed by atoms with Crippen molar-refractivity contribution in [3.8, 4) is 0 Å². The van der Waals surface area contributed by atoms with E-state index in [2.05, 4.69) is 4.98 Å². The predicted octanol–water partition coefficient (Wildman–Crippen LogP) is 1.94. The third-order valence-electron chi connectivity index (χ3n) is 1.95. The van der Waals surface area contributed by atoms with Crippen LogP contribution < -0.4 is 0 Å². The number of nitrogens with zero attached hydrogens (tertiary/aromatic N) is 1. The molecule has 13 heavy (non-hydrogen) atoms. The molecule has 0 amide bonds. The number of rotatable bonds is 2. The lowest BCUT2D eigenvalue weighted by atomic mass is 10.2. The lowest BCUT2D eigenvalue weighted by Crippen LogP contribution is -1.94. The third-order valence-corrected chi connectivity index (χ3v) is 3.35. The van der Waals surface area contributed by atoms with Gasteiger partial charge in [-0.3, -0.25) is 0 Å². The van der Waals surface area contributed by atoms with E-state index >= 15 is 0 Å². The maximum absolute atomic E-state index is 10.5. The number of hydrogen-bond acceptors (Lipinski definition) is 4. The van der Waals surface area contributed by atoms with Crippen LogP contribution in [0.25, 0.3) is 0 Å². The number of thioether (sulfide) groups is 1. The van der Waals surface area contributed by atoms with Crippen molar-refractivity contribution in [3.63, 3.8) is 0 Å². The van der Waals surface area contributed by atoms with Gasteiger partial charge in [0.05, 0.1) is 11.4 Å². The van der Waals surface area contributed by atoms with Crippen molar-refractivity contribution in [2.45, 2.75) is 18.1 Å². The van der Waals surface area contributed by atoms with E-state index in [9.17, 15) is 4.79 Å². The highest BCUT2D eigenvalue weighted by molar-refractivity contribution is 7.99. The van der Waals surface area contributed by atoms with Crippen LogP contribution in [0.2, 0.25) is 0 Å². The summed E-state index contributed by atoms with van der Waals surface area (Å²) in [5.41, 5.74) is 0. The first-order chi connectivity index (χ1) is 6.27. The molecule has 0 radical (unpaired) electrons. The topological polar surface area (TPSA) is 63.3 Å². The molecule has 1 atom stereocenters. The summed E-state index contributed by atoms with van der Waals surface area (Å²) in [6, 6.07) is 0. The molecule has 0 aromatic carbocycles. The lowest BCUT2D eigenvalue weighted by molar-refractivity contribution is 0.0651. The minimum atomic E-state index is -1.10. The van der Waals surface area contributed by atoms with Crippen LogP contribution in [0.5, 0.6) is 0 Å². The summed E-state index contributed by atoms with van der Waals surface area (Å²) in [6.45, 7) is 0. The average molecular weight is 199 g/mol. The zero-order chi connectivity index (χ0) is 9.26. The molecule has 1 N–H and O–H groups in total. The molecule has 1 aliphatic rings. The average Bonchev–Trinajstić information content (AvgIpc) is 2.75. The van der Waals surface area contributed by atoms with Gasteiger partial charge in [0.1, 0.15) is 5.76 Å². The smallest absolute Gasteiger partial charge is 0.392 e. The van der Waals surface area contributed by atoms with Gasteiger partial charge in [0.2, 0.25) is 0 Å². The summed E-state index contributed by atoms with van der Waals surface area (Å²) in [5, 5.41) is 8.88. The van der Waals surface area contributed by atoms with Crippen LogP contribution in [0.3, 0.4) is 0 Å². The first kappa shape index (κ1) is 8.62. The number of carbonyl (C=O) groups is 1. The Kier molecular flexibility index (Phi) is 2.26. The molecule has 1 aromatic heterocycles. The fourth-order valence-corrected chi connectivity index (χ4v) is 2.56. The maximum atomic E-state index is 10.5. The van der Waals surface area contributed by atoms with Crippen LogP contribution in [-0.2, 0) is 0 Å². The van der Waals surface area contributed by atoms with Gasteiger partial charge in [-0.15, -0.1) is 0 Å². The van der Waals surface area contributed by atoms with E-state index in [1.54, 1.807) is 11.8 Å². The maximum Gasteiger partial charge on any atom is 0.392 e. The highest BCUT2D eigenvalue weighted by Gasteiger charge is 2.22. The quantitative estimate of drug-likeness (QED) is 0.788. The Morgan fingerprint density at radius 2 is 2.62 bits per heavy atom. The summed E-state index contributed by atoms with van der Waals surface area (Å²) in [5.74, 6) is 0.505. The zero-order valence-corrected chi connectivity index (χ0v) is 7.71. The van der Waals surface area contributed by atoms with Crippen molar-refractivity contribution >= 4 is 17.7 Å². The number of oxazole rings is 1. The van der Waals surface area contributed by atoms with Gasteiger partial charge in [0.25, 0.3) is 0 Å². The van der Waals surface area contributed by atoms with Gasteiger partial charge in [-0.1, -0.05) is 0 Å². The second-order valence-corrected chi connectivity index (χ2v) is 4.19. The van der Waals surface area contributed by atoms with Crippen molar-refractivity contribution < 1.29 is 14.3 Å². The number of aromatic nitrogens is 1. The monoisotopic (exact) mass is 199 g/mol. The zero-order valence-electron chi connectivity index (χ0n) is 6.90. The molecule has 2 heterocycles. The van der Waals surface area contributed by atoms with E-state index < -0.39 is 5.97 Å². The first-order valence-electron chi connectivity index (χ1n) is 4.08. The van der Waals surface area contributed by atoms with Gasteiger partial charge in [0, 0.05) is 0 Å². The molecule has 0 bridgehead atoms. The molecule has 1 aliphatic heterocycles. The fourth-order valence-electron chi connectivity index (χ4n) is 1.34. The normalized spacial score (nSPS) is 22.0. The van der Waals surface area contributed by atoms with E-state index in [4.69, 9.17) is 9.52 Å². The molecular formula is C8H9NO3S. The third kappa shape index (κ3) is 1.70.